The lowest BCUT2D eigenvalue weighted by atomic mass is 10.2. The van der Waals surface area contributed by atoms with Gasteiger partial charge < -0.3 is 9.64 Å². The van der Waals surface area contributed by atoms with E-state index in [1.165, 1.54) is 18.1 Å². The molecule has 0 spiro atoms. The molecule has 0 aliphatic rings. The minimum absolute atomic E-state index is 0.0785. The molecule has 0 saturated carbocycles. The van der Waals surface area contributed by atoms with Crippen LogP contribution in [-0.4, -0.2) is 42.0 Å². The Kier molecular flexibility index (Phi) is 5.09. The van der Waals surface area contributed by atoms with Gasteiger partial charge >= 0.3 is 5.97 Å². The summed E-state index contributed by atoms with van der Waals surface area (Å²) in [4.78, 5) is 28.7. The van der Waals surface area contributed by atoms with Crippen molar-refractivity contribution in [2.24, 2.45) is 0 Å². The first-order chi connectivity index (χ1) is 8.47. The number of halogens is 1. The van der Waals surface area contributed by atoms with E-state index in [-0.39, 0.29) is 17.6 Å². The van der Waals surface area contributed by atoms with E-state index in [0.717, 1.165) is 0 Å². The van der Waals surface area contributed by atoms with Gasteiger partial charge in [-0.25, -0.2) is 4.98 Å². The summed E-state index contributed by atoms with van der Waals surface area (Å²) < 4.78 is 4.54. The van der Waals surface area contributed by atoms with Crippen LogP contribution in [0.1, 0.15) is 23.0 Å². The fraction of sp³-hybridized carbons (Fsp3) is 0.417. The quantitative estimate of drug-likeness (QED) is 0.617. The van der Waals surface area contributed by atoms with Gasteiger partial charge in [-0.15, -0.1) is 0 Å². The molecule has 6 heteroatoms. The number of amides is 1. The number of pyridine rings is 1. The number of carbonyl (C=O) groups excluding carboxylic acids is 2. The van der Waals surface area contributed by atoms with Gasteiger partial charge in [0, 0.05) is 17.8 Å². The summed E-state index contributed by atoms with van der Waals surface area (Å²) in [5.41, 5.74) is 1.07. The van der Waals surface area contributed by atoms with Gasteiger partial charge in [0.05, 0.1) is 7.11 Å². The van der Waals surface area contributed by atoms with E-state index in [1.807, 2.05) is 0 Å². The number of hydrogen-bond acceptors (Lipinski definition) is 4. The molecule has 0 atom stereocenters. The number of aromatic nitrogens is 1. The van der Waals surface area contributed by atoms with Crippen LogP contribution >= 0.6 is 11.6 Å². The number of nitrogens with zero attached hydrogens (tertiary/aromatic N) is 2. The van der Waals surface area contributed by atoms with Crippen LogP contribution < -0.4 is 0 Å². The maximum absolute atomic E-state index is 12.2. The van der Waals surface area contributed by atoms with E-state index >= 15 is 0 Å². The molecule has 98 valence electrons. The number of esters is 1. The molecule has 0 fully saturated rings. The highest BCUT2D eigenvalue weighted by atomic mass is 35.5. The Balaban J connectivity index is 2.92. The monoisotopic (exact) mass is 270 g/mol. The van der Waals surface area contributed by atoms with Crippen molar-refractivity contribution in [3.8, 4) is 0 Å². The summed E-state index contributed by atoms with van der Waals surface area (Å²) in [6.45, 7) is 3.87. The molecule has 0 aromatic carbocycles. The van der Waals surface area contributed by atoms with Gasteiger partial charge in [-0.1, -0.05) is 11.6 Å². The molecule has 1 aromatic heterocycles. The lowest BCUT2D eigenvalue weighted by Gasteiger charge is -2.19. The maximum atomic E-state index is 12.2. The lowest BCUT2D eigenvalue weighted by Crippen LogP contribution is -2.36. The largest absolute Gasteiger partial charge is 0.468 e. The van der Waals surface area contributed by atoms with Crippen LogP contribution in [0.3, 0.4) is 0 Å². The molecule has 0 N–H and O–H groups in total. The number of hydrogen-bond donors (Lipinski definition) is 0. The number of rotatable bonds is 4. The zero-order chi connectivity index (χ0) is 13.7. The molecule has 1 heterocycles. The van der Waals surface area contributed by atoms with Crippen molar-refractivity contribution >= 4 is 23.5 Å². The van der Waals surface area contributed by atoms with E-state index in [1.54, 1.807) is 19.9 Å². The molecule has 18 heavy (non-hydrogen) atoms. The van der Waals surface area contributed by atoms with Crippen LogP contribution in [-0.2, 0) is 9.53 Å². The third kappa shape index (κ3) is 3.70. The summed E-state index contributed by atoms with van der Waals surface area (Å²) in [5.74, 6) is -0.725. The number of methoxy groups -OCH3 is 1. The first-order valence-electron chi connectivity index (χ1n) is 5.48. The first-order valence-corrected chi connectivity index (χ1v) is 5.86. The average Bonchev–Trinajstić information content (AvgIpc) is 2.33. The fourth-order valence-electron chi connectivity index (χ4n) is 1.48. The molecule has 0 saturated heterocycles. The Hall–Kier alpha value is -1.62. The van der Waals surface area contributed by atoms with Crippen molar-refractivity contribution in [3.05, 3.63) is 28.5 Å². The molecule has 1 amide bonds. The predicted octanol–water partition coefficient (Wildman–Crippen LogP) is 1.68. The second-order valence-corrected chi connectivity index (χ2v) is 4.10. The smallest absolute Gasteiger partial charge is 0.325 e. The molecular weight excluding hydrogens is 256 g/mol. The van der Waals surface area contributed by atoms with Gasteiger partial charge in [-0.05, 0) is 26.0 Å². The van der Waals surface area contributed by atoms with Gasteiger partial charge in [-0.3, -0.25) is 9.59 Å². The highest BCUT2D eigenvalue weighted by molar-refractivity contribution is 6.29. The predicted molar refractivity (Wildman–Crippen MR) is 67.6 cm³/mol. The van der Waals surface area contributed by atoms with E-state index < -0.39 is 5.97 Å². The maximum Gasteiger partial charge on any atom is 0.325 e. The first kappa shape index (κ1) is 14.4. The van der Waals surface area contributed by atoms with E-state index in [2.05, 4.69) is 9.72 Å². The molecular formula is C12H15ClN2O3. The SMILES string of the molecule is CCN(CC(=O)OC)C(=O)c1cc(C)nc(Cl)c1. The van der Waals surface area contributed by atoms with E-state index in [4.69, 9.17) is 11.6 Å². The summed E-state index contributed by atoms with van der Waals surface area (Å²) >= 11 is 5.80. The van der Waals surface area contributed by atoms with Crippen molar-refractivity contribution in [2.75, 3.05) is 20.2 Å². The molecule has 1 rings (SSSR count). The molecule has 5 nitrogen and oxygen atoms in total. The van der Waals surface area contributed by atoms with Crippen molar-refractivity contribution in [2.45, 2.75) is 13.8 Å². The van der Waals surface area contributed by atoms with Crippen molar-refractivity contribution in [1.82, 2.24) is 9.88 Å². The topological polar surface area (TPSA) is 59.5 Å². The van der Waals surface area contributed by atoms with Crippen LogP contribution in [0.5, 0.6) is 0 Å². The van der Waals surface area contributed by atoms with E-state index in [0.29, 0.717) is 17.8 Å². The molecule has 0 radical (unpaired) electrons. The van der Waals surface area contributed by atoms with Gasteiger partial charge in [0.1, 0.15) is 11.7 Å². The number of carbonyl (C=O) groups is 2. The van der Waals surface area contributed by atoms with Crippen LogP contribution in [0.2, 0.25) is 5.15 Å². The van der Waals surface area contributed by atoms with Gasteiger partial charge in [0.2, 0.25) is 0 Å². The molecule has 0 aliphatic carbocycles. The Morgan fingerprint density at radius 1 is 1.44 bits per heavy atom. The summed E-state index contributed by atoms with van der Waals surface area (Å²) in [7, 11) is 1.29. The highest BCUT2D eigenvalue weighted by Gasteiger charge is 2.18. The Morgan fingerprint density at radius 2 is 2.11 bits per heavy atom. The third-order valence-corrected chi connectivity index (χ3v) is 2.58. The second-order valence-electron chi connectivity index (χ2n) is 3.72. The third-order valence-electron chi connectivity index (χ3n) is 2.39. The normalized spacial score (nSPS) is 10.0. The van der Waals surface area contributed by atoms with Crippen molar-refractivity contribution < 1.29 is 14.3 Å². The van der Waals surface area contributed by atoms with Crippen LogP contribution in [0.4, 0.5) is 0 Å². The minimum atomic E-state index is -0.456. The molecule has 1 aromatic rings. The van der Waals surface area contributed by atoms with Crippen LogP contribution in [0.15, 0.2) is 12.1 Å². The number of likely N-dealkylation sites (N-methyl/N-ethyl adjacent to an activating group) is 1. The zero-order valence-corrected chi connectivity index (χ0v) is 11.3. The van der Waals surface area contributed by atoms with Gasteiger partial charge in [0.25, 0.3) is 5.91 Å². The summed E-state index contributed by atoms with van der Waals surface area (Å²) in [6.07, 6.45) is 0. The molecule has 0 bridgehead atoms. The van der Waals surface area contributed by atoms with Crippen molar-refractivity contribution in [3.63, 3.8) is 0 Å². The second kappa shape index (κ2) is 6.35. The average molecular weight is 271 g/mol. The standard InChI is InChI=1S/C12H15ClN2O3/c1-4-15(7-11(16)18-3)12(17)9-5-8(2)14-10(13)6-9/h5-6H,4,7H2,1-3H3. The number of ether oxygens (including phenoxy) is 1. The van der Waals surface area contributed by atoms with Gasteiger partial charge in [-0.2, -0.15) is 0 Å². The molecule has 0 unspecified atom stereocenters. The van der Waals surface area contributed by atoms with Gasteiger partial charge in [0.15, 0.2) is 0 Å². The minimum Gasteiger partial charge on any atom is -0.468 e. The van der Waals surface area contributed by atoms with E-state index in [9.17, 15) is 9.59 Å². The zero-order valence-electron chi connectivity index (χ0n) is 10.6. The Labute approximate surface area is 111 Å². The Morgan fingerprint density at radius 3 is 2.61 bits per heavy atom. The van der Waals surface area contributed by atoms with Crippen LogP contribution in [0.25, 0.3) is 0 Å². The fourth-order valence-corrected chi connectivity index (χ4v) is 1.73. The van der Waals surface area contributed by atoms with Crippen LogP contribution in [0, 0.1) is 6.92 Å². The lowest BCUT2D eigenvalue weighted by molar-refractivity contribution is -0.141. The summed E-state index contributed by atoms with van der Waals surface area (Å²) in [6, 6.07) is 3.12. The summed E-state index contributed by atoms with van der Waals surface area (Å²) in [5, 5.41) is 0.257. The number of aryl methyl sites for hydroxylation is 1. The molecule has 0 aliphatic heterocycles. The Bertz CT molecular complexity index is 442. The highest BCUT2D eigenvalue weighted by Crippen LogP contribution is 2.12. The van der Waals surface area contributed by atoms with Crippen molar-refractivity contribution in [1.29, 1.82) is 0 Å².